The molecule has 5 heteroatoms. The average molecular weight is 275 g/mol. The van der Waals surface area contributed by atoms with Crippen molar-refractivity contribution in [3.63, 3.8) is 0 Å². The molecule has 0 amide bonds. The zero-order valence-electron chi connectivity index (χ0n) is 9.74. The van der Waals surface area contributed by atoms with E-state index in [2.05, 4.69) is 16.8 Å². The Morgan fingerprint density at radius 3 is 2.88 bits per heavy atom. The molecule has 2 atom stereocenters. The first-order valence-corrected chi connectivity index (χ1v) is 6.53. The second kappa shape index (κ2) is 5.53. The maximum absolute atomic E-state index is 9.83. The molecule has 1 aromatic heterocycles. The van der Waals surface area contributed by atoms with E-state index >= 15 is 0 Å². The number of pyridine rings is 1. The van der Waals surface area contributed by atoms with Gasteiger partial charge in [-0.15, -0.1) is 0 Å². The van der Waals surface area contributed by atoms with E-state index in [0.29, 0.717) is 29.3 Å². The van der Waals surface area contributed by atoms with Crippen molar-refractivity contribution in [1.29, 1.82) is 0 Å². The highest BCUT2D eigenvalue weighted by Crippen LogP contribution is 2.22. The third kappa shape index (κ3) is 3.32. The molecule has 0 radical (unpaired) electrons. The first-order chi connectivity index (χ1) is 8.06. The Hall–Kier alpha value is -0.350. The highest BCUT2D eigenvalue weighted by molar-refractivity contribution is 6.32. The maximum atomic E-state index is 9.83. The second-order valence-electron chi connectivity index (χ2n) is 4.65. The van der Waals surface area contributed by atoms with E-state index in [4.69, 9.17) is 23.2 Å². The molecule has 1 saturated heterocycles. The van der Waals surface area contributed by atoms with Crippen molar-refractivity contribution in [1.82, 2.24) is 9.88 Å². The lowest BCUT2D eigenvalue weighted by molar-refractivity contribution is 0.0259. The van der Waals surface area contributed by atoms with Crippen LogP contribution in [0.5, 0.6) is 0 Å². The number of piperidine rings is 1. The summed E-state index contributed by atoms with van der Waals surface area (Å²) in [5, 5.41) is 10.7. The Kier molecular flexibility index (Phi) is 4.26. The van der Waals surface area contributed by atoms with Crippen LogP contribution in [0.4, 0.5) is 0 Å². The molecule has 0 aromatic carbocycles. The van der Waals surface area contributed by atoms with Crippen molar-refractivity contribution >= 4 is 23.2 Å². The van der Waals surface area contributed by atoms with Crippen LogP contribution in [-0.2, 0) is 6.54 Å². The van der Waals surface area contributed by atoms with Crippen LogP contribution in [0.15, 0.2) is 12.1 Å². The molecule has 2 rings (SSSR count). The topological polar surface area (TPSA) is 36.4 Å². The Labute approximate surface area is 111 Å². The van der Waals surface area contributed by atoms with Gasteiger partial charge >= 0.3 is 0 Å². The van der Waals surface area contributed by atoms with Crippen molar-refractivity contribution in [2.75, 3.05) is 13.1 Å². The molecule has 1 fully saturated rings. The number of aliphatic hydroxyl groups is 1. The number of likely N-dealkylation sites (tertiary alicyclic amines) is 1. The van der Waals surface area contributed by atoms with E-state index in [9.17, 15) is 5.11 Å². The van der Waals surface area contributed by atoms with Gasteiger partial charge < -0.3 is 5.11 Å². The minimum Gasteiger partial charge on any atom is -0.392 e. The molecule has 2 unspecified atom stereocenters. The van der Waals surface area contributed by atoms with Crippen LogP contribution >= 0.6 is 23.2 Å². The quantitative estimate of drug-likeness (QED) is 0.843. The van der Waals surface area contributed by atoms with Gasteiger partial charge in [-0.25, -0.2) is 4.98 Å². The van der Waals surface area contributed by atoms with Gasteiger partial charge in [-0.2, -0.15) is 0 Å². The van der Waals surface area contributed by atoms with E-state index in [1.807, 2.05) is 6.07 Å². The molecule has 1 N–H and O–H groups in total. The van der Waals surface area contributed by atoms with Crippen LogP contribution in [0.25, 0.3) is 0 Å². The van der Waals surface area contributed by atoms with Gasteiger partial charge in [0.15, 0.2) is 0 Å². The van der Waals surface area contributed by atoms with Crippen LogP contribution in [0.1, 0.15) is 18.9 Å². The molecule has 1 aliphatic rings. The van der Waals surface area contributed by atoms with E-state index < -0.39 is 0 Å². The first-order valence-electron chi connectivity index (χ1n) is 5.77. The number of halogens is 2. The fourth-order valence-electron chi connectivity index (χ4n) is 2.06. The van der Waals surface area contributed by atoms with E-state index in [1.165, 1.54) is 0 Å². The molecule has 1 aromatic rings. The summed E-state index contributed by atoms with van der Waals surface area (Å²) < 4.78 is 0. The second-order valence-corrected chi connectivity index (χ2v) is 5.40. The average Bonchev–Trinajstić information content (AvgIpc) is 2.27. The number of rotatable bonds is 2. The van der Waals surface area contributed by atoms with Crippen LogP contribution in [0.3, 0.4) is 0 Å². The van der Waals surface area contributed by atoms with Crippen molar-refractivity contribution in [3.05, 3.63) is 28.0 Å². The Morgan fingerprint density at radius 1 is 1.47 bits per heavy atom. The predicted octanol–water partition coefficient (Wildman–Crippen LogP) is 2.59. The lowest BCUT2D eigenvalue weighted by Crippen LogP contribution is -2.42. The number of hydrogen-bond donors (Lipinski definition) is 1. The van der Waals surface area contributed by atoms with Crippen LogP contribution in [0, 0.1) is 5.92 Å². The van der Waals surface area contributed by atoms with E-state index in [-0.39, 0.29) is 6.10 Å². The smallest absolute Gasteiger partial charge is 0.135 e. The zero-order chi connectivity index (χ0) is 12.4. The van der Waals surface area contributed by atoms with Crippen molar-refractivity contribution < 1.29 is 5.11 Å². The van der Waals surface area contributed by atoms with Gasteiger partial charge in [0.05, 0.1) is 6.10 Å². The van der Waals surface area contributed by atoms with Crippen LogP contribution in [-0.4, -0.2) is 34.2 Å². The summed E-state index contributed by atoms with van der Waals surface area (Å²) >= 11 is 11.8. The molecular weight excluding hydrogens is 259 g/mol. The summed E-state index contributed by atoms with van der Waals surface area (Å²) in [7, 11) is 0. The van der Waals surface area contributed by atoms with E-state index in [0.717, 1.165) is 18.5 Å². The molecule has 0 saturated carbocycles. The number of aromatic nitrogens is 1. The SMILES string of the molecule is CC1CCN(Cc2ccc(Cl)nc2Cl)CC1O. The van der Waals surface area contributed by atoms with E-state index in [1.54, 1.807) is 6.07 Å². The summed E-state index contributed by atoms with van der Waals surface area (Å²) in [6.45, 7) is 4.48. The van der Waals surface area contributed by atoms with Crippen molar-refractivity contribution in [2.45, 2.75) is 26.0 Å². The fourth-order valence-corrected chi connectivity index (χ4v) is 2.46. The Morgan fingerprint density at radius 2 is 2.24 bits per heavy atom. The van der Waals surface area contributed by atoms with Gasteiger partial charge in [0.2, 0.25) is 0 Å². The lowest BCUT2D eigenvalue weighted by Gasteiger charge is -2.34. The van der Waals surface area contributed by atoms with Gasteiger partial charge in [-0.05, 0) is 24.9 Å². The molecule has 17 heavy (non-hydrogen) atoms. The Bertz CT molecular complexity index is 400. The standard InChI is InChI=1S/C12H16Cl2N2O/c1-8-4-5-16(7-10(8)17)6-9-2-3-11(13)15-12(9)14/h2-3,8,10,17H,4-7H2,1H3. The molecular formula is C12H16Cl2N2O. The van der Waals surface area contributed by atoms with Gasteiger partial charge in [0, 0.05) is 18.7 Å². The van der Waals surface area contributed by atoms with Gasteiger partial charge in [0.25, 0.3) is 0 Å². The summed E-state index contributed by atoms with van der Waals surface area (Å²) in [6.07, 6.45) is 0.766. The number of aliphatic hydroxyl groups excluding tert-OH is 1. The third-order valence-electron chi connectivity index (χ3n) is 3.29. The normalized spacial score (nSPS) is 26.1. The first kappa shape index (κ1) is 13.1. The molecule has 3 nitrogen and oxygen atoms in total. The summed E-state index contributed by atoms with van der Waals surface area (Å²) in [6, 6.07) is 3.63. The fraction of sp³-hybridized carbons (Fsp3) is 0.583. The summed E-state index contributed by atoms with van der Waals surface area (Å²) in [5.74, 6) is 0.380. The van der Waals surface area contributed by atoms with Crippen molar-refractivity contribution in [2.24, 2.45) is 5.92 Å². The monoisotopic (exact) mass is 274 g/mol. The predicted molar refractivity (Wildman–Crippen MR) is 69.3 cm³/mol. The molecule has 0 aliphatic carbocycles. The number of nitrogens with zero attached hydrogens (tertiary/aromatic N) is 2. The lowest BCUT2D eigenvalue weighted by atomic mass is 9.96. The van der Waals surface area contributed by atoms with Gasteiger partial charge in [-0.1, -0.05) is 36.2 Å². The summed E-state index contributed by atoms with van der Waals surface area (Å²) in [4.78, 5) is 6.21. The highest BCUT2D eigenvalue weighted by Gasteiger charge is 2.24. The third-order valence-corrected chi connectivity index (χ3v) is 3.83. The molecule has 0 bridgehead atoms. The highest BCUT2D eigenvalue weighted by atomic mass is 35.5. The summed E-state index contributed by atoms with van der Waals surface area (Å²) in [5.41, 5.74) is 0.956. The molecule has 1 aliphatic heterocycles. The largest absolute Gasteiger partial charge is 0.392 e. The Balaban J connectivity index is 2.01. The van der Waals surface area contributed by atoms with Gasteiger partial charge in [0.1, 0.15) is 10.3 Å². The number of β-amino-alcohol motifs (C(OH)–C–C–N with tert-alkyl or cyclic N) is 1. The molecule has 2 heterocycles. The number of hydrogen-bond acceptors (Lipinski definition) is 3. The van der Waals surface area contributed by atoms with Crippen LogP contribution in [0.2, 0.25) is 10.3 Å². The zero-order valence-corrected chi connectivity index (χ0v) is 11.2. The maximum Gasteiger partial charge on any atom is 0.135 e. The minimum atomic E-state index is -0.247. The molecule has 0 spiro atoms. The van der Waals surface area contributed by atoms with Crippen LogP contribution < -0.4 is 0 Å². The van der Waals surface area contributed by atoms with Gasteiger partial charge in [-0.3, -0.25) is 4.90 Å². The van der Waals surface area contributed by atoms with Crippen molar-refractivity contribution in [3.8, 4) is 0 Å². The minimum absolute atomic E-state index is 0.247. The molecule has 94 valence electrons.